The zero-order valence-corrected chi connectivity index (χ0v) is 18.5. The zero-order valence-electron chi connectivity index (χ0n) is 18.5. The van der Waals surface area contributed by atoms with Gasteiger partial charge in [-0.25, -0.2) is 0 Å². The van der Waals surface area contributed by atoms with Crippen molar-refractivity contribution >= 4 is 17.7 Å². The van der Waals surface area contributed by atoms with Gasteiger partial charge in [0.05, 0.1) is 13.2 Å². The number of imide groups is 1. The fourth-order valence-electron chi connectivity index (χ4n) is 5.59. The first-order chi connectivity index (χ1) is 15.6. The minimum atomic E-state index is -0.562. The van der Waals surface area contributed by atoms with Crippen molar-refractivity contribution in [2.24, 2.45) is 5.92 Å². The molecular weight excluding hydrogens is 408 g/mol. The molecule has 0 aliphatic carbocycles. The van der Waals surface area contributed by atoms with E-state index in [9.17, 15) is 14.4 Å². The Morgan fingerprint density at radius 2 is 1.94 bits per heavy atom. The van der Waals surface area contributed by atoms with Crippen LogP contribution in [0.25, 0.3) is 0 Å². The second-order valence-electron chi connectivity index (χ2n) is 9.52. The number of ether oxygens (including phenoxy) is 1. The molecule has 0 bridgehead atoms. The summed E-state index contributed by atoms with van der Waals surface area (Å²) >= 11 is 0. The molecule has 4 aliphatic rings. The molecule has 8 heteroatoms. The summed E-state index contributed by atoms with van der Waals surface area (Å²) in [6, 6.07) is 5.84. The minimum Gasteiger partial charge on any atom is -0.379 e. The number of nitrogens with zero attached hydrogens (tertiary/aromatic N) is 2. The number of amides is 3. The highest BCUT2D eigenvalue weighted by Crippen LogP contribution is 2.31. The molecule has 5 rings (SSSR count). The summed E-state index contributed by atoms with van der Waals surface area (Å²) in [6.45, 7) is 6.00. The minimum absolute atomic E-state index is 0.0998. The number of nitrogens with one attached hydrogen (secondary N) is 2. The van der Waals surface area contributed by atoms with Gasteiger partial charge in [0, 0.05) is 37.7 Å². The number of hydrogen-bond acceptors (Lipinski definition) is 6. The summed E-state index contributed by atoms with van der Waals surface area (Å²) < 4.78 is 5.59. The number of rotatable bonds is 5. The molecule has 8 nitrogen and oxygen atoms in total. The molecule has 2 N–H and O–H groups in total. The molecule has 0 radical (unpaired) electrons. The maximum atomic E-state index is 13.0. The molecule has 32 heavy (non-hydrogen) atoms. The third-order valence-electron chi connectivity index (χ3n) is 7.40. The van der Waals surface area contributed by atoms with Crippen LogP contribution in [-0.4, -0.2) is 72.5 Å². The van der Waals surface area contributed by atoms with Crippen LogP contribution in [0.1, 0.15) is 53.6 Å². The van der Waals surface area contributed by atoms with E-state index in [1.165, 1.54) is 24.8 Å². The second-order valence-corrected chi connectivity index (χ2v) is 9.52. The highest BCUT2D eigenvalue weighted by atomic mass is 16.5. The molecule has 0 aromatic heterocycles. The Bertz CT molecular complexity index is 890. The van der Waals surface area contributed by atoms with Gasteiger partial charge in [0.25, 0.3) is 5.91 Å². The first-order valence-corrected chi connectivity index (χ1v) is 11.9. The molecule has 1 aromatic carbocycles. The van der Waals surface area contributed by atoms with Crippen LogP contribution in [0.5, 0.6) is 0 Å². The van der Waals surface area contributed by atoms with Crippen LogP contribution in [-0.2, 0) is 27.4 Å². The van der Waals surface area contributed by atoms with Gasteiger partial charge in [-0.2, -0.15) is 0 Å². The third kappa shape index (κ3) is 4.44. The molecule has 0 spiro atoms. The molecule has 4 heterocycles. The summed E-state index contributed by atoms with van der Waals surface area (Å²) in [5, 5.41) is 5.94. The predicted molar refractivity (Wildman–Crippen MR) is 118 cm³/mol. The Morgan fingerprint density at radius 3 is 2.69 bits per heavy atom. The number of hydrogen-bond donors (Lipinski definition) is 2. The van der Waals surface area contributed by atoms with E-state index >= 15 is 0 Å². The summed E-state index contributed by atoms with van der Waals surface area (Å²) in [5.74, 6) is 0.0176. The van der Waals surface area contributed by atoms with Crippen LogP contribution in [0.15, 0.2) is 18.2 Å². The van der Waals surface area contributed by atoms with Gasteiger partial charge >= 0.3 is 0 Å². The maximum absolute atomic E-state index is 13.0. The average molecular weight is 441 g/mol. The Balaban J connectivity index is 1.20. The summed E-state index contributed by atoms with van der Waals surface area (Å²) in [5.41, 5.74) is 2.91. The number of likely N-dealkylation sites (tertiary alicyclic amines) is 1. The van der Waals surface area contributed by atoms with Crippen molar-refractivity contribution in [1.82, 2.24) is 20.4 Å². The SMILES string of the molecule is O=C1CCC(N2Cc3c(CN4CCC(CC5COCCN5)CC4)cccc3C2=O)C(=O)N1. The lowest BCUT2D eigenvalue weighted by atomic mass is 9.89. The average Bonchev–Trinajstić information content (AvgIpc) is 3.13. The Morgan fingerprint density at radius 1 is 1.09 bits per heavy atom. The normalized spacial score (nSPS) is 27.5. The van der Waals surface area contributed by atoms with Crippen LogP contribution in [0.2, 0.25) is 0 Å². The highest BCUT2D eigenvalue weighted by molar-refractivity contribution is 6.05. The lowest BCUT2D eigenvalue weighted by molar-refractivity contribution is -0.136. The van der Waals surface area contributed by atoms with Crippen molar-refractivity contribution in [2.45, 2.75) is 57.3 Å². The molecule has 2 atom stereocenters. The second kappa shape index (κ2) is 9.29. The summed E-state index contributed by atoms with van der Waals surface area (Å²) in [6.07, 6.45) is 4.24. The number of carbonyl (C=O) groups excluding carboxylic acids is 3. The van der Waals surface area contributed by atoms with E-state index in [0.717, 1.165) is 50.9 Å². The maximum Gasteiger partial charge on any atom is 0.255 e. The molecule has 2 unspecified atom stereocenters. The number of benzene rings is 1. The van der Waals surface area contributed by atoms with Crippen LogP contribution < -0.4 is 10.6 Å². The van der Waals surface area contributed by atoms with E-state index < -0.39 is 6.04 Å². The molecule has 0 saturated carbocycles. The number of morpholine rings is 1. The van der Waals surface area contributed by atoms with Gasteiger partial charge in [0.2, 0.25) is 11.8 Å². The third-order valence-corrected chi connectivity index (χ3v) is 7.40. The highest BCUT2D eigenvalue weighted by Gasteiger charge is 2.40. The Labute approximate surface area is 188 Å². The molecule has 3 saturated heterocycles. The van der Waals surface area contributed by atoms with E-state index in [1.54, 1.807) is 4.90 Å². The number of piperidine rings is 2. The van der Waals surface area contributed by atoms with Crippen molar-refractivity contribution in [3.63, 3.8) is 0 Å². The van der Waals surface area contributed by atoms with Crippen LogP contribution in [0, 0.1) is 5.92 Å². The van der Waals surface area contributed by atoms with Crippen LogP contribution in [0.4, 0.5) is 0 Å². The molecule has 1 aromatic rings. The van der Waals surface area contributed by atoms with Gasteiger partial charge in [-0.1, -0.05) is 12.1 Å². The van der Waals surface area contributed by atoms with Gasteiger partial charge in [0.15, 0.2) is 0 Å². The quantitative estimate of drug-likeness (QED) is 0.665. The predicted octanol–water partition coefficient (Wildman–Crippen LogP) is 1.04. The van der Waals surface area contributed by atoms with E-state index in [0.29, 0.717) is 24.6 Å². The van der Waals surface area contributed by atoms with Crippen molar-refractivity contribution < 1.29 is 19.1 Å². The van der Waals surface area contributed by atoms with Gasteiger partial charge < -0.3 is 15.0 Å². The van der Waals surface area contributed by atoms with Crippen molar-refractivity contribution in [2.75, 3.05) is 32.8 Å². The fraction of sp³-hybridized carbons (Fsp3) is 0.625. The van der Waals surface area contributed by atoms with Gasteiger partial charge in [-0.05, 0) is 61.9 Å². The lowest BCUT2D eigenvalue weighted by Gasteiger charge is -2.35. The first-order valence-electron chi connectivity index (χ1n) is 11.9. The van der Waals surface area contributed by atoms with E-state index in [2.05, 4.69) is 21.6 Å². The number of carbonyl (C=O) groups is 3. The zero-order chi connectivity index (χ0) is 22.1. The van der Waals surface area contributed by atoms with E-state index in [-0.39, 0.29) is 24.1 Å². The topological polar surface area (TPSA) is 91.0 Å². The van der Waals surface area contributed by atoms with Crippen molar-refractivity contribution in [3.8, 4) is 0 Å². The molecule has 3 fully saturated rings. The van der Waals surface area contributed by atoms with Gasteiger partial charge in [-0.3, -0.25) is 24.6 Å². The van der Waals surface area contributed by atoms with Crippen LogP contribution >= 0.6 is 0 Å². The fourth-order valence-corrected chi connectivity index (χ4v) is 5.59. The van der Waals surface area contributed by atoms with Crippen LogP contribution in [0.3, 0.4) is 0 Å². The number of fused-ring (bicyclic) bond motifs is 1. The van der Waals surface area contributed by atoms with Crippen molar-refractivity contribution in [1.29, 1.82) is 0 Å². The monoisotopic (exact) mass is 440 g/mol. The Kier molecular flexibility index (Phi) is 6.26. The molecule has 4 aliphatic heterocycles. The Hall–Kier alpha value is -2.29. The van der Waals surface area contributed by atoms with E-state index in [1.807, 2.05) is 12.1 Å². The summed E-state index contributed by atoms with van der Waals surface area (Å²) in [7, 11) is 0. The van der Waals surface area contributed by atoms with Gasteiger partial charge in [0.1, 0.15) is 6.04 Å². The largest absolute Gasteiger partial charge is 0.379 e. The lowest BCUT2D eigenvalue weighted by Crippen LogP contribution is -2.52. The standard InChI is InChI=1S/C24H32N4O4/c29-22-5-4-21(23(30)26-22)28-14-20-17(2-1-3-19(20)24(28)31)13-27-9-6-16(7-10-27)12-18-15-32-11-8-25-18/h1-3,16,18,21,25H,4-15H2,(H,26,29,30). The smallest absolute Gasteiger partial charge is 0.255 e. The molecular formula is C24H32N4O4. The molecule has 3 amide bonds. The molecule has 172 valence electrons. The van der Waals surface area contributed by atoms with E-state index in [4.69, 9.17) is 4.74 Å². The van der Waals surface area contributed by atoms with Crippen molar-refractivity contribution in [3.05, 3.63) is 34.9 Å². The van der Waals surface area contributed by atoms with Gasteiger partial charge in [-0.15, -0.1) is 0 Å². The summed E-state index contributed by atoms with van der Waals surface area (Å²) in [4.78, 5) is 41.0. The first kappa shape index (κ1) is 21.6.